The maximum absolute atomic E-state index is 12.7. The number of nitrogens with zero attached hydrogens (tertiary/aromatic N) is 3. The molecule has 1 aromatic heterocycles. The lowest BCUT2D eigenvalue weighted by molar-refractivity contribution is -0.138. The Hall–Kier alpha value is -2.20. The van der Waals surface area contributed by atoms with Crippen molar-refractivity contribution in [2.75, 3.05) is 31.1 Å². The van der Waals surface area contributed by atoms with Gasteiger partial charge in [0.25, 0.3) is 10.2 Å². The Morgan fingerprint density at radius 1 is 1.14 bits per heavy atom. The summed E-state index contributed by atoms with van der Waals surface area (Å²) < 4.78 is 28.9. The Bertz CT molecular complexity index is 901. The first-order chi connectivity index (χ1) is 13.3. The Labute approximate surface area is 168 Å². The molecular formula is C18H21ClN4O4S. The van der Waals surface area contributed by atoms with Crippen molar-refractivity contribution in [2.45, 2.75) is 12.5 Å². The molecule has 2 heterocycles. The number of hydrogen-bond acceptors (Lipinski definition) is 5. The number of carbonyl (C=O) groups is 1. The number of halogens is 1. The van der Waals surface area contributed by atoms with E-state index >= 15 is 0 Å². The summed E-state index contributed by atoms with van der Waals surface area (Å²) in [5.74, 6) is -0.488. The molecular weight excluding hydrogens is 404 g/mol. The van der Waals surface area contributed by atoms with Gasteiger partial charge < -0.3 is 10.0 Å². The van der Waals surface area contributed by atoms with E-state index in [9.17, 15) is 18.3 Å². The van der Waals surface area contributed by atoms with E-state index in [2.05, 4.69) is 9.71 Å². The largest absolute Gasteiger partial charge is 0.480 e. The smallest absolute Gasteiger partial charge is 0.322 e. The Kier molecular flexibility index (Phi) is 6.50. The molecule has 28 heavy (non-hydrogen) atoms. The summed E-state index contributed by atoms with van der Waals surface area (Å²) in [6, 6.07) is 11.2. The van der Waals surface area contributed by atoms with Crippen LogP contribution in [0.15, 0.2) is 48.7 Å². The van der Waals surface area contributed by atoms with Gasteiger partial charge in [0.15, 0.2) is 0 Å². The third-order valence-corrected chi connectivity index (χ3v) is 6.34. The molecule has 2 N–H and O–H groups in total. The van der Waals surface area contributed by atoms with Crippen molar-refractivity contribution in [1.82, 2.24) is 14.0 Å². The minimum atomic E-state index is -3.93. The molecule has 1 unspecified atom stereocenters. The Morgan fingerprint density at radius 3 is 2.39 bits per heavy atom. The number of pyridine rings is 1. The molecule has 1 aromatic carbocycles. The van der Waals surface area contributed by atoms with Crippen LogP contribution in [0.25, 0.3) is 0 Å². The van der Waals surface area contributed by atoms with Gasteiger partial charge in [-0.15, -0.1) is 0 Å². The topological polar surface area (TPSA) is 103 Å². The number of piperazine rings is 1. The van der Waals surface area contributed by atoms with Crippen LogP contribution in [0, 0.1) is 0 Å². The molecule has 1 fully saturated rings. The van der Waals surface area contributed by atoms with Crippen LogP contribution < -0.4 is 9.62 Å². The average Bonchev–Trinajstić information content (AvgIpc) is 2.69. The van der Waals surface area contributed by atoms with Gasteiger partial charge in [0, 0.05) is 32.4 Å². The lowest BCUT2D eigenvalue weighted by atomic mass is 10.1. The van der Waals surface area contributed by atoms with E-state index in [0.717, 1.165) is 11.4 Å². The fraction of sp³-hybridized carbons (Fsp3) is 0.333. The monoisotopic (exact) mass is 424 g/mol. The van der Waals surface area contributed by atoms with Crippen LogP contribution in [0.1, 0.15) is 5.56 Å². The number of nitrogens with one attached hydrogen (secondary N) is 1. The van der Waals surface area contributed by atoms with Crippen LogP contribution in [0.3, 0.4) is 0 Å². The zero-order valence-corrected chi connectivity index (χ0v) is 16.6. The second-order valence-corrected chi connectivity index (χ2v) is 8.56. The summed E-state index contributed by atoms with van der Waals surface area (Å²) in [6.45, 7) is 1.37. The number of aliphatic carboxylic acids is 1. The lowest BCUT2D eigenvalue weighted by Gasteiger charge is -2.35. The van der Waals surface area contributed by atoms with Crippen molar-refractivity contribution in [3.05, 3.63) is 59.2 Å². The molecule has 10 heteroatoms. The van der Waals surface area contributed by atoms with Gasteiger partial charge in [-0.3, -0.25) is 4.79 Å². The molecule has 0 radical (unpaired) electrons. The highest BCUT2D eigenvalue weighted by Crippen LogP contribution is 2.17. The summed E-state index contributed by atoms with van der Waals surface area (Å²) in [6.07, 6.45) is 1.62. The van der Waals surface area contributed by atoms with Gasteiger partial charge in [-0.25, -0.2) is 4.98 Å². The third kappa shape index (κ3) is 5.20. The highest BCUT2D eigenvalue weighted by molar-refractivity contribution is 7.87. The molecule has 3 rings (SSSR count). The second-order valence-electron chi connectivity index (χ2n) is 6.42. The molecule has 8 nitrogen and oxygen atoms in total. The van der Waals surface area contributed by atoms with Crippen LogP contribution in [0.4, 0.5) is 5.82 Å². The molecule has 1 saturated heterocycles. The van der Waals surface area contributed by atoms with E-state index < -0.39 is 22.2 Å². The van der Waals surface area contributed by atoms with E-state index in [1.807, 2.05) is 11.0 Å². The van der Waals surface area contributed by atoms with E-state index in [4.69, 9.17) is 11.6 Å². The molecule has 0 saturated carbocycles. The lowest BCUT2D eigenvalue weighted by Crippen LogP contribution is -2.55. The Balaban J connectivity index is 1.62. The second kappa shape index (κ2) is 8.87. The standard InChI is InChI=1S/C18H21ClN4O4S/c19-15-6-7-17(20-13-15)22-8-10-23(11-9-22)28(26,27)21-16(18(24)25)12-14-4-2-1-3-5-14/h1-7,13,16,21H,8-12H2,(H,24,25). The zero-order chi connectivity index (χ0) is 20.1. The summed E-state index contributed by atoms with van der Waals surface area (Å²) >= 11 is 5.84. The molecule has 1 atom stereocenters. The first-order valence-electron chi connectivity index (χ1n) is 8.76. The van der Waals surface area contributed by atoms with Gasteiger partial charge in [0.05, 0.1) is 5.02 Å². The van der Waals surface area contributed by atoms with Crippen molar-refractivity contribution in [3.63, 3.8) is 0 Å². The van der Waals surface area contributed by atoms with Crippen molar-refractivity contribution < 1.29 is 18.3 Å². The van der Waals surface area contributed by atoms with Crippen molar-refractivity contribution in [3.8, 4) is 0 Å². The normalized spacial score (nSPS) is 16.7. The van der Waals surface area contributed by atoms with E-state index in [-0.39, 0.29) is 19.5 Å². The summed E-state index contributed by atoms with van der Waals surface area (Å²) in [5, 5.41) is 9.97. The molecule has 0 aliphatic carbocycles. The number of benzene rings is 1. The van der Waals surface area contributed by atoms with Gasteiger partial charge in [0.1, 0.15) is 11.9 Å². The van der Waals surface area contributed by atoms with Crippen molar-refractivity contribution >= 4 is 33.6 Å². The highest BCUT2D eigenvalue weighted by Gasteiger charge is 2.31. The third-order valence-electron chi connectivity index (χ3n) is 4.49. The predicted molar refractivity (Wildman–Crippen MR) is 107 cm³/mol. The van der Waals surface area contributed by atoms with Crippen LogP contribution in [-0.4, -0.2) is 61.0 Å². The molecule has 1 aliphatic heterocycles. The van der Waals surface area contributed by atoms with E-state index in [1.54, 1.807) is 42.6 Å². The van der Waals surface area contributed by atoms with Gasteiger partial charge in [0.2, 0.25) is 0 Å². The minimum Gasteiger partial charge on any atom is -0.480 e. The molecule has 150 valence electrons. The van der Waals surface area contributed by atoms with Gasteiger partial charge in [-0.1, -0.05) is 41.9 Å². The maximum Gasteiger partial charge on any atom is 0.322 e. The first-order valence-corrected chi connectivity index (χ1v) is 10.6. The number of anilines is 1. The van der Waals surface area contributed by atoms with Crippen molar-refractivity contribution in [1.29, 1.82) is 0 Å². The molecule has 1 aliphatic rings. The quantitative estimate of drug-likeness (QED) is 0.696. The maximum atomic E-state index is 12.7. The number of hydrogen-bond donors (Lipinski definition) is 2. The van der Waals surface area contributed by atoms with Gasteiger partial charge in [-0.05, 0) is 24.1 Å². The Morgan fingerprint density at radius 2 is 1.82 bits per heavy atom. The molecule has 0 spiro atoms. The summed E-state index contributed by atoms with van der Waals surface area (Å²) in [4.78, 5) is 17.8. The van der Waals surface area contributed by atoms with E-state index in [0.29, 0.717) is 18.1 Å². The first kappa shape index (κ1) is 20.5. The highest BCUT2D eigenvalue weighted by atomic mass is 35.5. The predicted octanol–water partition coefficient (Wildman–Crippen LogP) is 1.39. The van der Waals surface area contributed by atoms with Crippen molar-refractivity contribution in [2.24, 2.45) is 0 Å². The molecule has 0 amide bonds. The molecule has 0 bridgehead atoms. The zero-order valence-electron chi connectivity index (χ0n) is 15.0. The summed E-state index contributed by atoms with van der Waals surface area (Å²) in [5.41, 5.74) is 0.747. The fourth-order valence-corrected chi connectivity index (χ4v) is 4.44. The van der Waals surface area contributed by atoms with Gasteiger partial charge in [-0.2, -0.15) is 17.4 Å². The van der Waals surface area contributed by atoms with E-state index in [1.165, 1.54) is 4.31 Å². The van der Waals surface area contributed by atoms with Crippen LogP contribution >= 0.6 is 11.6 Å². The van der Waals surface area contributed by atoms with Crippen LogP contribution in [-0.2, 0) is 21.4 Å². The number of aromatic nitrogens is 1. The molecule has 2 aromatic rings. The summed E-state index contributed by atoms with van der Waals surface area (Å²) in [7, 11) is -3.93. The van der Waals surface area contributed by atoms with Crippen LogP contribution in [0.5, 0.6) is 0 Å². The van der Waals surface area contributed by atoms with Gasteiger partial charge >= 0.3 is 5.97 Å². The number of rotatable bonds is 7. The minimum absolute atomic E-state index is 0.0735. The number of carboxylic acids is 1. The SMILES string of the molecule is O=C(O)C(Cc1ccccc1)NS(=O)(=O)N1CCN(c2ccc(Cl)cn2)CC1. The number of carboxylic acid groups (broad SMARTS) is 1. The average molecular weight is 425 g/mol. The van der Waals surface area contributed by atoms with Crippen LogP contribution in [0.2, 0.25) is 5.02 Å². The fourth-order valence-electron chi connectivity index (χ4n) is 3.00.